The molecule has 1 aliphatic rings. The molecule has 1 aliphatic heterocycles. The first-order chi connectivity index (χ1) is 13.5. The fraction of sp³-hybridized carbons (Fsp3) is 0.250. The second-order valence-electron chi connectivity index (χ2n) is 6.73. The van der Waals surface area contributed by atoms with Crippen molar-refractivity contribution in [2.75, 3.05) is 11.9 Å². The lowest BCUT2D eigenvalue weighted by atomic mass is 10.0. The molecule has 8 heteroatoms. The summed E-state index contributed by atoms with van der Waals surface area (Å²) in [6, 6.07) is 8.97. The Morgan fingerprint density at radius 1 is 1.11 bits per heavy atom. The summed E-state index contributed by atoms with van der Waals surface area (Å²) < 4.78 is 39.3. The number of carbonyl (C=O) groups is 1. The fourth-order valence-electron chi connectivity index (χ4n) is 3.51. The van der Waals surface area contributed by atoms with E-state index in [9.17, 15) is 18.0 Å². The minimum absolute atomic E-state index is 0.377. The molecule has 0 saturated heterocycles. The zero-order valence-electron chi connectivity index (χ0n) is 14.9. The molecular formula is C20H19F3N4O. The maximum atomic E-state index is 14.1. The largest absolute Gasteiger partial charge is 0.370 e. The molecule has 3 aromatic rings. The van der Waals surface area contributed by atoms with Gasteiger partial charge in [0, 0.05) is 35.9 Å². The van der Waals surface area contributed by atoms with Crippen LogP contribution < -0.4 is 16.0 Å². The Labute approximate surface area is 159 Å². The minimum Gasteiger partial charge on any atom is -0.370 e. The van der Waals surface area contributed by atoms with Crippen LogP contribution in [0.4, 0.5) is 18.9 Å². The van der Waals surface area contributed by atoms with E-state index in [4.69, 9.17) is 0 Å². The van der Waals surface area contributed by atoms with E-state index in [0.29, 0.717) is 22.2 Å². The number of alkyl halides is 2. The zero-order valence-corrected chi connectivity index (χ0v) is 14.9. The molecule has 0 spiro atoms. The average molecular weight is 388 g/mol. The van der Waals surface area contributed by atoms with Crippen LogP contribution in [-0.2, 0) is 17.9 Å². The van der Waals surface area contributed by atoms with Gasteiger partial charge in [0.25, 0.3) is 6.43 Å². The Hall–Kier alpha value is -3.00. The van der Waals surface area contributed by atoms with Gasteiger partial charge in [-0.15, -0.1) is 0 Å². The van der Waals surface area contributed by atoms with Crippen LogP contribution in [-0.4, -0.2) is 23.9 Å². The molecule has 0 aliphatic carbocycles. The number of H-pyrrole nitrogens is 1. The molecule has 1 amide bonds. The first-order valence-corrected chi connectivity index (χ1v) is 8.93. The molecule has 4 N–H and O–H groups in total. The van der Waals surface area contributed by atoms with E-state index in [1.807, 2.05) is 18.2 Å². The fourth-order valence-corrected chi connectivity index (χ4v) is 3.51. The van der Waals surface area contributed by atoms with Crippen molar-refractivity contribution in [1.82, 2.24) is 15.6 Å². The third kappa shape index (κ3) is 3.68. The molecule has 0 radical (unpaired) electrons. The normalized spacial score (nSPS) is 14.3. The molecule has 28 heavy (non-hydrogen) atoms. The SMILES string of the molecule is O=C(NCC(F)F)[C@H](Nc1ccc2c(c1)CNC2)c1cc(F)cc2[nH]ccc12. The molecule has 2 heterocycles. The van der Waals surface area contributed by atoms with Crippen molar-refractivity contribution in [2.45, 2.75) is 25.6 Å². The highest BCUT2D eigenvalue weighted by Crippen LogP contribution is 2.29. The van der Waals surface area contributed by atoms with Crippen LogP contribution in [0.15, 0.2) is 42.6 Å². The third-order valence-electron chi connectivity index (χ3n) is 4.82. The van der Waals surface area contributed by atoms with Gasteiger partial charge in [-0.3, -0.25) is 4.79 Å². The summed E-state index contributed by atoms with van der Waals surface area (Å²) in [7, 11) is 0. The number of anilines is 1. The van der Waals surface area contributed by atoms with Crippen molar-refractivity contribution in [3.05, 3.63) is 65.1 Å². The van der Waals surface area contributed by atoms with Gasteiger partial charge in [-0.05, 0) is 47.0 Å². The average Bonchev–Trinajstić information content (AvgIpc) is 3.32. The Morgan fingerprint density at radius 3 is 2.75 bits per heavy atom. The van der Waals surface area contributed by atoms with E-state index >= 15 is 0 Å². The molecule has 4 rings (SSSR count). The van der Waals surface area contributed by atoms with Crippen LogP contribution >= 0.6 is 0 Å². The van der Waals surface area contributed by atoms with E-state index in [1.54, 1.807) is 12.3 Å². The maximum Gasteiger partial charge on any atom is 0.255 e. The number of amides is 1. The van der Waals surface area contributed by atoms with Crippen LogP contribution in [0.2, 0.25) is 0 Å². The molecule has 1 aromatic heterocycles. The van der Waals surface area contributed by atoms with Crippen LogP contribution in [0, 0.1) is 5.82 Å². The highest BCUT2D eigenvalue weighted by atomic mass is 19.3. The van der Waals surface area contributed by atoms with Crippen molar-refractivity contribution in [1.29, 1.82) is 0 Å². The minimum atomic E-state index is -2.67. The standard InChI is InChI=1S/C20H19F3N4O/c21-13-6-16(15-3-4-25-17(15)7-13)19(20(28)26-10-18(22)23)27-14-2-1-11-8-24-9-12(11)5-14/h1-7,18-19,24-25,27H,8-10H2,(H,26,28)/t19-/m1/s1. The third-order valence-corrected chi connectivity index (χ3v) is 4.82. The van der Waals surface area contributed by atoms with Gasteiger partial charge in [-0.1, -0.05) is 6.07 Å². The van der Waals surface area contributed by atoms with Crippen molar-refractivity contribution in [3.63, 3.8) is 0 Å². The molecule has 146 valence electrons. The molecule has 2 aromatic carbocycles. The first-order valence-electron chi connectivity index (χ1n) is 8.93. The van der Waals surface area contributed by atoms with Crippen LogP contribution in [0.3, 0.4) is 0 Å². The smallest absolute Gasteiger partial charge is 0.255 e. The van der Waals surface area contributed by atoms with Crippen molar-refractivity contribution >= 4 is 22.5 Å². The molecule has 0 unspecified atom stereocenters. The number of carbonyl (C=O) groups excluding carboxylic acids is 1. The van der Waals surface area contributed by atoms with Gasteiger partial charge in [0.05, 0.1) is 6.54 Å². The molecule has 0 fully saturated rings. The van der Waals surface area contributed by atoms with Gasteiger partial charge in [0.1, 0.15) is 11.9 Å². The van der Waals surface area contributed by atoms with Crippen LogP contribution in [0.25, 0.3) is 10.9 Å². The Bertz CT molecular complexity index is 1020. The van der Waals surface area contributed by atoms with Crippen molar-refractivity contribution in [3.8, 4) is 0 Å². The number of nitrogens with one attached hydrogen (secondary N) is 4. The predicted molar refractivity (Wildman–Crippen MR) is 101 cm³/mol. The number of halogens is 3. The highest BCUT2D eigenvalue weighted by molar-refractivity contribution is 5.93. The molecule has 0 saturated carbocycles. The number of aromatic amines is 1. The van der Waals surface area contributed by atoms with Gasteiger partial charge in [0.15, 0.2) is 0 Å². The Morgan fingerprint density at radius 2 is 1.93 bits per heavy atom. The van der Waals surface area contributed by atoms with Crippen molar-refractivity contribution in [2.24, 2.45) is 0 Å². The second kappa shape index (κ2) is 7.55. The van der Waals surface area contributed by atoms with Gasteiger partial charge >= 0.3 is 0 Å². The van der Waals surface area contributed by atoms with Gasteiger partial charge < -0.3 is 20.9 Å². The molecule has 5 nitrogen and oxygen atoms in total. The van der Waals surface area contributed by atoms with E-state index in [-0.39, 0.29) is 0 Å². The topological polar surface area (TPSA) is 69.0 Å². The monoisotopic (exact) mass is 388 g/mol. The quantitative estimate of drug-likeness (QED) is 0.523. The van der Waals surface area contributed by atoms with E-state index in [2.05, 4.69) is 20.9 Å². The number of hydrogen-bond donors (Lipinski definition) is 4. The number of hydrogen-bond acceptors (Lipinski definition) is 3. The Kier molecular flexibility index (Phi) is 4.95. The van der Waals surface area contributed by atoms with E-state index in [0.717, 1.165) is 18.7 Å². The lowest BCUT2D eigenvalue weighted by molar-refractivity contribution is -0.122. The summed E-state index contributed by atoms with van der Waals surface area (Å²) in [5, 5.41) is 9.21. The summed E-state index contributed by atoms with van der Waals surface area (Å²) >= 11 is 0. The number of aromatic nitrogens is 1. The Balaban J connectivity index is 1.71. The maximum absolute atomic E-state index is 14.1. The number of fused-ring (bicyclic) bond motifs is 2. The summed E-state index contributed by atoms with van der Waals surface area (Å²) in [6.45, 7) is 0.730. The van der Waals surface area contributed by atoms with Crippen LogP contribution in [0.1, 0.15) is 22.7 Å². The highest BCUT2D eigenvalue weighted by Gasteiger charge is 2.25. The van der Waals surface area contributed by atoms with E-state index in [1.165, 1.54) is 17.7 Å². The van der Waals surface area contributed by atoms with Gasteiger partial charge in [0.2, 0.25) is 5.91 Å². The van der Waals surface area contributed by atoms with E-state index < -0.39 is 30.7 Å². The lowest BCUT2D eigenvalue weighted by Gasteiger charge is -2.21. The lowest BCUT2D eigenvalue weighted by Crippen LogP contribution is -2.36. The molecular weight excluding hydrogens is 369 g/mol. The van der Waals surface area contributed by atoms with Crippen molar-refractivity contribution < 1.29 is 18.0 Å². The molecule has 1 atom stereocenters. The zero-order chi connectivity index (χ0) is 19.7. The summed E-state index contributed by atoms with van der Waals surface area (Å²) in [5.41, 5.74) is 3.83. The summed E-state index contributed by atoms with van der Waals surface area (Å²) in [4.78, 5) is 15.6. The predicted octanol–water partition coefficient (Wildman–Crippen LogP) is 3.44. The summed E-state index contributed by atoms with van der Waals surface area (Å²) in [5.74, 6) is -1.16. The van der Waals surface area contributed by atoms with Gasteiger partial charge in [-0.25, -0.2) is 13.2 Å². The first kappa shape index (κ1) is 18.4. The number of rotatable bonds is 6. The number of benzene rings is 2. The summed E-state index contributed by atoms with van der Waals surface area (Å²) in [6.07, 6.45) is -1.03. The van der Waals surface area contributed by atoms with Gasteiger partial charge in [-0.2, -0.15) is 0 Å². The molecule has 0 bridgehead atoms. The van der Waals surface area contributed by atoms with Crippen LogP contribution in [0.5, 0.6) is 0 Å². The second-order valence-corrected chi connectivity index (χ2v) is 6.73.